The molecule has 1 aromatic heterocycles. The van der Waals surface area contributed by atoms with Gasteiger partial charge in [-0.3, -0.25) is 0 Å². The Kier molecular flexibility index (Phi) is 2.67. The van der Waals surface area contributed by atoms with Crippen molar-refractivity contribution in [2.75, 3.05) is 0 Å². The SMILES string of the molecule is CC1CCCn2c1cnc2-c1cccc(Cl)c1. The predicted octanol–water partition coefficient (Wildman–Crippen LogP) is 4.10. The van der Waals surface area contributed by atoms with E-state index in [2.05, 4.69) is 22.5 Å². The second-order valence-electron chi connectivity index (χ2n) is 4.71. The molecule has 1 aliphatic heterocycles. The lowest BCUT2D eigenvalue weighted by atomic mass is 9.98. The lowest BCUT2D eigenvalue weighted by Gasteiger charge is -2.22. The first kappa shape index (κ1) is 10.8. The molecule has 0 amide bonds. The summed E-state index contributed by atoms with van der Waals surface area (Å²) in [5.74, 6) is 1.67. The minimum atomic E-state index is 0.615. The van der Waals surface area contributed by atoms with Gasteiger partial charge in [0.1, 0.15) is 5.82 Å². The molecule has 2 aromatic rings. The van der Waals surface area contributed by atoms with Crippen molar-refractivity contribution in [3.05, 3.63) is 41.2 Å². The maximum atomic E-state index is 6.04. The van der Waals surface area contributed by atoms with Crippen LogP contribution in [0.5, 0.6) is 0 Å². The molecule has 3 rings (SSSR count). The van der Waals surface area contributed by atoms with Gasteiger partial charge in [0.2, 0.25) is 0 Å². The second kappa shape index (κ2) is 4.19. The van der Waals surface area contributed by atoms with Gasteiger partial charge in [0, 0.05) is 29.0 Å². The highest BCUT2D eigenvalue weighted by Gasteiger charge is 2.20. The van der Waals surface area contributed by atoms with Crippen LogP contribution in [0.1, 0.15) is 31.4 Å². The van der Waals surface area contributed by atoms with Crippen molar-refractivity contribution in [3.8, 4) is 11.4 Å². The molecule has 17 heavy (non-hydrogen) atoms. The van der Waals surface area contributed by atoms with Gasteiger partial charge >= 0.3 is 0 Å². The van der Waals surface area contributed by atoms with Crippen molar-refractivity contribution < 1.29 is 0 Å². The number of halogens is 1. The summed E-state index contributed by atoms with van der Waals surface area (Å²) in [5.41, 5.74) is 2.46. The zero-order chi connectivity index (χ0) is 11.8. The standard InChI is InChI=1S/C14H15ClN2/c1-10-4-3-7-17-13(10)9-16-14(17)11-5-2-6-12(15)8-11/h2,5-6,8-10H,3-4,7H2,1H3. The maximum absolute atomic E-state index is 6.04. The van der Waals surface area contributed by atoms with E-state index < -0.39 is 0 Å². The van der Waals surface area contributed by atoms with E-state index in [0.29, 0.717) is 5.92 Å². The van der Waals surface area contributed by atoms with E-state index in [4.69, 9.17) is 11.6 Å². The molecule has 1 atom stereocenters. The minimum absolute atomic E-state index is 0.615. The van der Waals surface area contributed by atoms with Crippen molar-refractivity contribution in [1.82, 2.24) is 9.55 Å². The number of nitrogens with zero attached hydrogens (tertiary/aromatic N) is 2. The Balaban J connectivity index is 2.10. The Hall–Kier alpha value is -1.28. The lowest BCUT2D eigenvalue weighted by Crippen LogP contribution is -2.13. The number of benzene rings is 1. The number of imidazole rings is 1. The summed E-state index contributed by atoms with van der Waals surface area (Å²) >= 11 is 6.04. The van der Waals surface area contributed by atoms with Gasteiger partial charge in [0.25, 0.3) is 0 Å². The van der Waals surface area contributed by atoms with Gasteiger partial charge in [0.05, 0.1) is 0 Å². The van der Waals surface area contributed by atoms with Crippen LogP contribution in [-0.2, 0) is 6.54 Å². The molecule has 0 aliphatic carbocycles. The smallest absolute Gasteiger partial charge is 0.140 e. The molecule has 0 saturated carbocycles. The second-order valence-corrected chi connectivity index (χ2v) is 5.15. The van der Waals surface area contributed by atoms with Gasteiger partial charge < -0.3 is 4.57 Å². The van der Waals surface area contributed by atoms with E-state index in [1.165, 1.54) is 18.5 Å². The summed E-state index contributed by atoms with van der Waals surface area (Å²) in [6, 6.07) is 7.93. The molecule has 3 heteroatoms. The van der Waals surface area contributed by atoms with Crippen LogP contribution in [0.4, 0.5) is 0 Å². The zero-order valence-corrected chi connectivity index (χ0v) is 10.6. The summed E-state index contributed by atoms with van der Waals surface area (Å²) in [5, 5.41) is 0.767. The molecular weight excluding hydrogens is 232 g/mol. The molecule has 2 heterocycles. The number of rotatable bonds is 1. The molecule has 1 aliphatic rings. The largest absolute Gasteiger partial charge is 0.328 e. The highest BCUT2D eigenvalue weighted by atomic mass is 35.5. The third-order valence-electron chi connectivity index (χ3n) is 3.49. The van der Waals surface area contributed by atoms with Crippen LogP contribution in [0.2, 0.25) is 5.02 Å². The molecule has 88 valence electrons. The fraction of sp³-hybridized carbons (Fsp3) is 0.357. The highest BCUT2D eigenvalue weighted by Crippen LogP contribution is 2.31. The zero-order valence-electron chi connectivity index (χ0n) is 9.86. The Morgan fingerprint density at radius 3 is 3.12 bits per heavy atom. The third-order valence-corrected chi connectivity index (χ3v) is 3.73. The first-order valence-electron chi connectivity index (χ1n) is 6.07. The topological polar surface area (TPSA) is 17.8 Å². The van der Waals surface area contributed by atoms with E-state index in [9.17, 15) is 0 Å². The van der Waals surface area contributed by atoms with Crippen molar-refractivity contribution in [1.29, 1.82) is 0 Å². The van der Waals surface area contributed by atoms with Crippen LogP contribution in [0.15, 0.2) is 30.5 Å². The molecule has 0 N–H and O–H groups in total. The fourth-order valence-electron chi connectivity index (χ4n) is 2.58. The summed E-state index contributed by atoms with van der Waals surface area (Å²) < 4.78 is 2.33. The molecule has 1 unspecified atom stereocenters. The minimum Gasteiger partial charge on any atom is -0.328 e. The van der Waals surface area contributed by atoms with E-state index in [-0.39, 0.29) is 0 Å². The van der Waals surface area contributed by atoms with Crippen LogP contribution < -0.4 is 0 Å². The Morgan fingerprint density at radius 1 is 1.41 bits per heavy atom. The molecule has 0 saturated heterocycles. The van der Waals surface area contributed by atoms with Gasteiger partial charge in [-0.1, -0.05) is 30.7 Å². The van der Waals surface area contributed by atoms with Crippen molar-refractivity contribution >= 4 is 11.6 Å². The maximum Gasteiger partial charge on any atom is 0.140 e. The van der Waals surface area contributed by atoms with Crippen molar-refractivity contribution in [2.24, 2.45) is 0 Å². The number of hydrogen-bond donors (Lipinski definition) is 0. The lowest BCUT2D eigenvalue weighted by molar-refractivity contribution is 0.478. The van der Waals surface area contributed by atoms with Gasteiger partial charge in [-0.05, 0) is 30.9 Å². The Labute approximate surface area is 106 Å². The van der Waals surface area contributed by atoms with Crippen LogP contribution in [0.3, 0.4) is 0 Å². The third kappa shape index (κ3) is 1.87. The summed E-state index contributed by atoms with van der Waals surface area (Å²) in [6.07, 6.45) is 4.51. The van der Waals surface area contributed by atoms with Crippen molar-refractivity contribution in [3.63, 3.8) is 0 Å². The van der Waals surface area contributed by atoms with E-state index in [1.807, 2.05) is 24.4 Å². The number of hydrogen-bond acceptors (Lipinski definition) is 1. The molecule has 0 fully saturated rings. The fourth-order valence-corrected chi connectivity index (χ4v) is 2.77. The van der Waals surface area contributed by atoms with Gasteiger partial charge in [-0.25, -0.2) is 4.98 Å². The van der Waals surface area contributed by atoms with Gasteiger partial charge in [-0.15, -0.1) is 0 Å². The number of aromatic nitrogens is 2. The summed E-state index contributed by atoms with van der Waals surface area (Å²) in [4.78, 5) is 4.56. The monoisotopic (exact) mass is 246 g/mol. The normalized spacial score (nSPS) is 19.1. The molecule has 1 aromatic carbocycles. The molecule has 0 bridgehead atoms. The van der Waals surface area contributed by atoms with Crippen LogP contribution in [-0.4, -0.2) is 9.55 Å². The summed E-state index contributed by atoms with van der Waals surface area (Å²) in [6.45, 7) is 3.34. The average molecular weight is 247 g/mol. The highest BCUT2D eigenvalue weighted by molar-refractivity contribution is 6.30. The van der Waals surface area contributed by atoms with Crippen LogP contribution in [0, 0.1) is 0 Å². The van der Waals surface area contributed by atoms with E-state index in [1.54, 1.807) is 0 Å². The van der Waals surface area contributed by atoms with Gasteiger partial charge in [-0.2, -0.15) is 0 Å². The Bertz CT molecular complexity index is 545. The number of fused-ring (bicyclic) bond motifs is 1. The Morgan fingerprint density at radius 2 is 2.29 bits per heavy atom. The molecule has 0 spiro atoms. The molecule has 0 radical (unpaired) electrons. The first-order chi connectivity index (χ1) is 8.25. The van der Waals surface area contributed by atoms with E-state index in [0.717, 1.165) is 23.0 Å². The quantitative estimate of drug-likeness (QED) is 0.741. The summed E-state index contributed by atoms with van der Waals surface area (Å²) in [7, 11) is 0. The van der Waals surface area contributed by atoms with Crippen LogP contribution >= 0.6 is 11.6 Å². The van der Waals surface area contributed by atoms with Crippen molar-refractivity contribution in [2.45, 2.75) is 32.2 Å². The average Bonchev–Trinajstić information content (AvgIpc) is 2.74. The van der Waals surface area contributed by atoms with Crippen LogP contribution in [0.25, 0.3) is 11.4 Å². The predicted molar refractivity (Wildman–Crippen MR) is 70.3 cm³/mol. The molecule has 2 nitrogen and oxygen atoms in total. The van der Waals surface area contributed by atoms with Gasteiger partial charge in [0.15, 0.2) is 0 Å². The van der Waals surface area contributed by atoms with E-state index >= 15 is 0 Å². The molecular formula is C14H15ClN2. The first-order valence-corrected chi connectivity index (χ1v) is 6.45.